The molecule has 4 nitrogen and oxygen atoms in total. The van der Waals surface area contributed by atoms with Crippen LogP contribution in [0.1, 0.15) is 16.7 Å². The molecule has 140 valence electrons. The second kappa shape index (κ2) is 7.48. The molecule has 1 heterocycles. The summed E-state index contributed by atoms with van der Waals surface area (Å²) in [6.07, 6.45) is -2.84. The maximum absolute atomic E-state index is 12.8. The van der Waals surface area contributed by atoms with Crippen molar-refractivity contribution in [3.05, 3.63) is 70.1 Å². The minimum atomic E-state index is -4.46. The Morgan fingerprint density at radius 3 is 2.48 bits per heavy atom. The number of hydrogen-bond acceptors (Lipinski definition) is 4. The molecule has 0 bridgehead atoms. The predicted molar refractivity (Wildman–Crippen MR) is 98.9 cm³/mol. The van der Waals surface area contributed by atoms with Gasteiger partial charge in [0.15, 0.2) is 0 Å². The van der Waals surface area contributed by atoms with E-state index in [0.717, 1.165) is 39.9 Å². The SMILES string of the molecule is Cc1ccc(/C=C2\SC(=O)N(CNc3cccc(C(F)(F)F)c3)C2=O)cc1. The summed E-state index contributed by atoms with van der Waals surface area (Å²) in [6.45, 7) is 1.73. The highest BCUT2D eigenvalue weighted by atomic mass is 32.2. The van der Waals surface area contributed by atoms with Gasteiger partial charge in [-0.05, 0) is 48.5 Å². The molecule has 3 rings (SSSR count). The zero-order chi connectivity index (χ0) is 19.6. The first-order chi connectivity index (χ1) is 12.7. The fraction of sp³-hybridized carbons (Fsp3) is 0.158. The Kier molecular flexibility index (Phi) is 5.27. The number of nitrogens with zero attached hydrogens (tertiary/aromatic N) is 1. The van der Waals surface area contributed by atoms with Gasteiger partial charge < -0.3 is 5.32 Å². The van der Waals surface area contributed by atoms with Gasteiger partial charge in [0.1, 0.15) is 0 Å². The summed E-state index contributed by atoms with van der Waals surface area (Å²) in [5.41, 5.74) is 1.23. The van der Waals surface area contributed by atoms with Crippen LogP contribution < -0.4 is 5.32 Å². The van der Waals surface area contributed by atoms with Crippen LogP contribution in [-0.2, 0) is 11.0 Å². The summed E-state index contributed by atoms with van der Waals surface area (Å²) in [6, 6.07) is 12.1. The van der Waals surface area contributed by atoms with Crippen LogP contribution in [0.15, 0.2) is 53.4 Å². The van der Waals surface area contributed by atoms with Crippen molar-refractivity contribution in [2.45, 2.75) is 13.1 Å². The van der Waals surface area contributed by atoms with Crippen LogP contribution in [0.5, 0.6) is 0 Å². The number of benzene rings is 2. The summed E-state index contributed by atoms with van der Waals surface area (Å²) in [4.78, 5) is 25.8. The van der Waals surface area contributed by atoms with Crippen molar-refractivity contribution < 1.29 is 22.8 Å². The van der Waals surface area contributed by atoms with Crippen molar-refractivity contribution in [2.75, 3.05) is 12.0 Å². The van der Waals surface area contributed by atoms with E-state index in [1.807, 2.05) is 31.2 Å². The molecule has 0 aromatic heterocycles. The van der Waals surface area contributed by atoms with Gasteiger partial charge in [-0.1, -0.05) is 35.9 Å². The van der Waals surface area contributed by atoms with Crippen LogP contribution in [0.2, 0.25) is 0 Å². The molecule has 1 fully saturated rings. The highest BCUT2D eigenvalue weighted by Crippen LogP contribution is 2.33. The van der Waals surface area contributed by atoms with E-state index in [4.69, 9.17) is 0 Å². The van der Waals surface area contributed by atoms with Crippen LogP contribution in [0, 0.1) is 6.92 Å². The molecule has 0 spiro atoms. The quantitative estimate of drug-likeness (QED) is 0.734. The van der Waals surface area contributed by atoms with Gasteiger partial charge in [0.05, 0.1) is 17.1 Å². The number of amides is 2. The molecule has 0 radical (unpaired) electrons. The van der Waals surface area contributed by atoms with Crippen molar-refractivity contribution in [2.24, 2.45) is 0 Å². The molecular formula is C19H15F3N2O2S. The van der Waals surface area contributed by atoms with Crippen molar-refractivity contribution in [1.29, 1.82) is 0 Å². The molecule has 0 saturated carbocycles. The van der Waals surface area contributed by atoms with E-state index in [9.17, 15) is 22.8 Å². The molecule has 1 aliphatic rings. The lowest BCUT2D eigenvalue weighted by molar-refractivity contribution is -0.137. The summed E-state index contributed by atoms with van der Waals surface area (Å²) < 4.78 is 38.3. The number of carbonyl (C=O) groups excluding carboxylic acids is 2. The standard InChI is InChI=1S/C19H15F3N2O2S/c1-12-5-7-13(8-6-12)9-16-17(25)24(18(26)27-16)11-23-15-4-2-3-14(10-15)19(20,21)22/h2-10,23H,11H2,1H3/b16-9-. The third-order valence-corrected chi connectivity index (χ3v) is 4.79. The maximum atomic E-state index is 12.8. The van der Waals surface area contributed by atoms with Gasteiger partial charge in [-0.3, -0.25) is 14.5 Å². The van der Waals surface area contributed by atoms with E-state index in [0.29, 0.717) is 0 Å². The molecule has 0 atom stereocenters. The maximum Gasteiger partial charge on any atom is 0.416 e. The van der Waals surface area contributed by atoms with Gasteiger partial charge in [0.25, 0.3) is 11.1 Å². The number of anilines is 1. The second-order valence-electron chi connectivity index (χ2n) is 5.93. The fourth-order valence-corrected chi connectivity index (χ4v) is 3.26. The molecule has 27 heavy (non-hydrogen) atoms. The van der Waals surface area contributed by atoms with Crippen molar-refractivity contribution in [3.63, 3.8) is 0 Å². The molecule has 2 amide bonds. The van der Waals surface area contributed by atoms with Crippen LogP contribution in [0.4, 0.5) is 23.7 Å². The topological polar surface area (TPSA) is 49.4 Å². The largest absolute Gasteiger partial charge is 0.416 e. The minimum Gasteiger partial charge on any atom is -0.367 e. The van der Waals surface area contributed by atoms with Gasteiger partial charge in [-0.25, -0.2) is 0 Å². The molecule has 0 aliphatic carbocycles. The molecule has 0 unspecified atom stereocenters. The normalized spacial score (nSPS) is 16.3. The lowest BCUT2D eigenvalue weighted by Crippen LogP contribution is -2.33. The molecule has 1 saturated heterocycles. The zero-order valence-electron chi connectivity index (χ0n) is 14.2. The van der Waals surface area contributed by atoms with E-state index >= 15 is 0 Å². The third-order valence-electron chi connectivity index (χ3n) is 3.88. The number of aryl methyl sites for hydroxylation is 1. The highest BCUT2D eigenvalue weighted by Gasteiger charge is 2.35. The number of halogens is 3. The minimum absolute atomic E-state index is 0.173. The first kappa shape index (κ1) is 19.0. The van der Waals surface area contributed by atoms with E-state index in [1.165, 1.54) is 12.1 Å². The van der Waals surface area contributed by atoms with Crippen LogP contribution in [-0.4, -0.2) is 22.7 Å². The van der Waals surface area contributed by atoms with Crippen LogP contribution in [0.25, 0.3) is 6.08 Å². The number of imide groups is 1. The first-order valence-electron chi connectivity index (χ1n) is 7.97. The third kappa shape index (κ3) is 4.51. The number of thioether (sulfide) groups is 1. The van der Waals surface area contributed by atoms with Gasteiger partial charge in [-0.15, -0.1) is 0 Å². The number of rotatable bonds is 4. The highest BCUT2D eigenvalue weighted by molar-refractivity contribution is 8.18. The Hall–Kier alpha value is -2.74. The number of carbonyl (C=O) groups is 2. The van der Waals surface area contributed by atoms with Crippen molar-refractivity contribution in [1.82, 2.24) is 4.90 Å². The average molecular weight is 392 g/mol. The van der Waals surface area contributed by atoms with Gasteiger partial charge in [0, 0.05) is 5.69 Å². The van der Waals surface area contributed by atoms with E-state index < -0.39 is 22.9 Å². The molecule has 1 N–H and O–H groups in total. The number of hydrogen-bond donors (Lipinski definition) is 1. The average Bonchev–Trinajstić information content (AvgIpc) is 2.88. The summed E-state index contributed by atoms with van der Waals surface area (Å²) in [7, 11) is 0. The number of alkyl halides is 3. The Morgan fingerprint density at radius 2 is 1.81 bits per heavy atom. The Balaban J connectivity index is 1.70. The molecule has 1 aliphatic heterocycles. The van der Waals surface area contributed by atoms with Gasteiger partial charge >= 0.3 is 6.18 Å². The smallest absolute Gasteiger partial charge is 0.367 e. The van der Waals surface area contributed by atoms with Gasteiger partial charge in [0.2, 0.25) is 0 Å². The van der Waals surface area contributed by atoms with E-state index in [2.05, 4.69) is 5.32 Å². The molecule has 2 aromatic rings. The second-order valence-corrected chi connectivity index (χ2v) is 6.93. The lowest BCUT2D eigenvalue weighted by Gasteiger charge is -2.15. The van der Waals surface area contributed by atoms with Gasteiger partial charge in [-0.2, -0.15) is 13.2 Å². The predicted octanol–water partition coefficient (Wildman–Crippen LogP) is 5.12. The lowest BCUT2D eigenvalue weighted by atomic mass is 10.1. The van der Waals surface area contributed by atoms with Crippen LogP contribution >= 0.6 is 11.8 Å². The monoisotopic (exact) mass is 392 g/mol. The number of nitrogens with one attached hydrogen (secondary N) is 1. The first-order valence-corrected chi connectivity index (χ1v) is 8.79. The van der Waals surface area contributed by atoms with Crippen LogP contribution in [0.3, 0.4) is 0 Å². The summed E-state index contributed by atoms with van der Waals surface area (Å²) in [5.74, 6) is -0.481. The Labute approximate surface area is 158 Å². The van der Waals surface area contributed by atoms with E-state index in [1.54, 1.807) is 6.08 Å². The Morgan fingerprint density at radius 1 is 1.11 bits per heavy atom. The fourth-order valence-electron chi connectivity index (χ4n) is 2.43. The van der Waals surface area contributed by atoms with Crippen molar-refractivity contribution in [3.8, 4) is 0 Å². The van der Waals surface area contributed by atoms with E-state index in [-0.39, 0.29) is 17.3 Å². The Bertz CT molecular complexity index is 908. The van der Waals surface area contributed by atoms with Crippen molar-refractivity contribution >= 4 is 34.7 Å². The summed E-state index contributed by atoms with van der Waals surface area (Å²) >= 11 is 0.802. The molecular weight excluding hydrogens is 377 g/mol. The zero-order valence-corrected chi connectivity index (χ0v) is 15.0. The molecule has 2 aromatic carbocycles. The molecule has 8 heteroatoms. The summed E-state index contributed by atoms with van der Waals surface area (Å²) in [5, 5.41) is 2.22.